The van der Waals surface area contributed by atoms with Crippen molar-refractivity contribution in [3.05, 3.63) is 40.8 Å². The van der Waals surface area contributed by atoms with Crippen LogP contribution in [0.25, 0.3) is 0 Å². The number of methoxy groups -OCH3 is 2. The van der Waals surface area contributed by atoms with Crippen molar-refractivity contribution in [2.24, 2.45) is 4.99 Å². The summed E-state index contributed by atoms with van der Waals surface area (Å²) >= 11 is 0. The molecule has 0 atom stereocenters. The van der Waals surface area contributed by atoms with Gasteiger partial charge >= 0.3 is 0 Å². The highest BCUT2D eigenvalue weighted by molar-refractivity contribution is 14.0. The number of benzene rings is 1. The van der Waals surface area contributed by atoms with Crippen LogP contribution in [0, 0.1) is 13.8 Å². The average Bonchev–Trinajstić information content (AvgIpc) is 3.00. The molecule has 1 N–H and O–H groups in total. The molecule has 0 saturated heterocycles. The van der Waals surface area contributed by atoms with E-state index in [0.29, 0.717) is 0 Å². The average molecular weight is 502 g/mol. The fourth-order valence-corrected chi connectivity index (χ4v) is 2.98. The van der Waals surface area contributed by atoms with Crippen LogP contribution in [0.1, 0.15) is 22.6 Å². The highest BCUT2D eigenvalue weighted by Gasteiger charge is 2.11. The van der Waals surface area contributed by atoms with Gasteiger partial charge in [0.2, 0.25) is 0 Å². The summed E-state index contributed by atoms with van der Waals surface area (Å²) in [6, 6.07) is 6.01. The molecule has 0 bridgehead atoms. The van der Waals surface area contributed by atoms with Crippen molar-refractivity contribution in [3.8, 4) is 11.5 Å². The minimum atomic E-state index is 0. The number of aliphatic imine (C=N–C) groups is 1. The molecule has 8 heteroatoms. The van der Waals surface area contributed by atoms with Crippen LogP contribution in [0.3, 0.4) is 0 Å². The van der Waals surface area contributed by atoms with Gasteiger partial charge in [-0.3, -0.25) is 4.99 Å². The summed E-state index contributed by atoms with van der Waals surface area (Å²) in [7, 11) is 7.12. The van der Waals surface area contributed by atoms with Crippen LogP contribution >= 0.6 is 24.0 Å². The number of nitrogens with zero attached hydrogens (tertiary/aromatic N) is 3. The molecule has 0 aliphatic heterocycles. The lowest BCUT2D eigenvalue weighted by Gasteiger charge is -2.22. The third-order valence-corrected chi connectivity index (χ3v) is 4.60. The number of hydrogen-bond acceptors (Lipinski definition) is 5. The zero-order valence-corrected chi connectivity index (χ0v) is 19.9. The molecule has 2 rings (SSSR count). The van der Waals surface area contributed by atoms with Gasteiger partial charge in [-0.25, -0.2) is 0 Å². The van der Waals surface area contributed by atoms with Crippen LogP contribution < -0.4 is 14.8 Å². The van der Waals surface area contributed by atoms with Crippen LogP contribution in [-0.2, 0) is 12.8 Å². The van der Waals surface area contributed by atoms with Gasteiger partial charge in [-0.05, 0) is 44.4 Å². The number of guanidine groups is 1. The smallest absolute Gasteiger partial charge is 0.193 e. The van der Waals surface area contributed by atoms with Crippen molar-refractivity contribution < 1.29 is 14.0 Å². The fraction of sp³-hybridized carbons (Fsp3) is 0.500. The molecule has 0 radical (unpaired) electrons. The van der Waals surface area contributed by atoms with Crippen LogP contribution in [-0.4, -0.2) is 57.4 Å². The maximum Gasteiger partial charge on any atom is 0.193 e. The van der Waals surface area contributed by atoms with Gasteiger partial charge in [-0.15, -0.1) is 24.0 Å². The lowest BCUT2D eigenvalue weighted by molar-refractivity contribution is 0.354. The molecule has 0 fully saturated rings. The Kier molecular flexibility index (Phi) is 10.1. The minimum absolute atomic E-state index is 0. The number of nitrogens with one attached hydrogen (secondary N) is 1. The largest absolute Gasteiger partial charge is 0.493 e. The highest BCUT2D eigenvalue weighted by Crippen LogP contribution is 2.27. The van der Waals surface area contributed by atoms with E-state index in [1.165, 1.54) is 5.56 Å². The van der Waals surface area contributed by atoms with Gasteiger partial charge in [0.25, 0.3) is 0 Å². The van der Waals surface area contributed by atoms with E-state index in [4.69, 9.17) is 14.0 Å². The van der Waals surface area contributed by atoms with E-state index in [1.54, 1.807) is 21.3 Å². The summed E-state index contributed by atoms with van der Waals surface area (Å²) in [5.74, 6) is 3.24. The Hall–Kier alpha value is -1.97. The van der Waals surface area contributed by atoms with Gasteiger partial charge in [0.15, 0.2) is 17.5 Å². The summed E-state index contributed by atoms with van der Waals surface area (Å²) in [6.45, 7) is 5.52. The van der Waals surface area contributed by atoms with Gasteiger partial charge in [0.05, 0.1) is 19.9 Å². The van der Waals surface area contributed by atoms with Gasteiger partial charge < -0.3 is 24.2 Å². The van der Waals surface area contributed by atoms with Crippen molar-refractivity contribution in [3.63, 3.8) is 0 Å². The number of rotatable bonds is 8. The van der Waals surface area contributed by atoms with Crippen molar-refractivity contribution >= 4 is 29.9 Å². The zero-order chi connectivity index (χ0) is 19.8. The van der Waals surface area contributed by atoms with E-state index in [9.17, 15) is 0 Å². The third kappa shape index (κ3) is 6.29. The first kappa shape index (κ1) is 24.1. The highest BCUT2D eigenvalue weighted by atomic mass is 127. The van der Waals surface area contributed by atoms with Crippen molar-refractivity contribution in [1.82, 2.24) is 15.4 Å². The van der Waals surface area contributed by atoms with Gasteiger partial charge in [-0.1, -0.05) is 11.2 Å². The number of aromatic nitrogens is 1. The molecule has 7 nitrogen and oxygen atoms in total. The van der Waals surface area contributed by atoms with Crippen molar-refractivity contribution in [2.45, 2.75) is 26.7 Å². The Morgan fingerprint density at radius 3 is 2.46 bits per heavy atom. The number of likely N-dealkylation sites (N-methyl/N-ethyl adjacent to an activating group) is 1. The first-order chi connectivity index (χ1) is 13.0. The molecule has 1 aromatic carbocycles. The number of hydrogen-bond donors (Lipinski definition) is 1. The van der Waals surface area contributed by atoms with E-state index in [1.807, 2.05) is 33.0 Å². The summed E-state index contributed by atoms with van der Waals surface area (Å²) < 4.78 is 15.9. The van der Waals surface area contributed by atoms with Crippen LogP contribution in [0.4, 0.5) is 0 Å². The first-order valence-electron chi connectivity index (χ1n) is 9.04. The Balaban J connectivity index is 0.00000392. The topological polar surface area (TPSA) is 72.1 Å². The minimum Gasteiger partial charge on any atom is -0.493 e. The van der Waals surface area contributed by atoms with E-state index in [-0.39, 0.29) is 24.0 Å². The molecular formula is C20H31IN4O3. The van der Waals surface area contributed by atoms with Gasteiger partial charge in [0.1, 0.15) is 5.76 Å². The van der Waals surface area contributed by atoms with E-state index in [2.05, 4.69) is 26.4 Å². The van der Waals surface area contributed by atoms with E-state index >= 15 is 0 Å². The Morgan fingerprint density at radius 1 is 1.18 bits per heavy atom. The molecule has 1 aromatic heterocycles. The molecule has 28 heavy (non-hydrogen) atoms. The molecular weight excluding hydrogens is 471 g/mol. The lowest BCUT2D eigenvalue weighted by Crippen LogP contribution is -2.40. The predicted molar refractivity (Wildman–Crippen MR) is 122 cm³/mol. The molecule has 1 heterocycles. The first-order valence-corrected chi connectivity index (χ1v) is 9.04. The Bertz CT molecular complexity index is 757. The Morgan fingerprint density at radius 2 is 1.89 bits per heavy atom. The third-order valence-electron chi connectivity index (χ3n) is 4.60. The summed E-state index contributed by atoms with van der Waals surface area (Å²) in [6.07, 6.45) is 1.73. The quantitative estimate of drug-likeness (QED) is 0.340. The standard InChI is InChI=1S/C20H30N4O3.HI/c1-14-17(15(2)27-23-14)9-11-22-20(21-3)24(4)12-10-16-7-8-18(25-5)19(13-16)26-6;/h7-8,13H,9-12H2,1-6H3,(H,21,22);1H. The summed E-state index contributed by atoms with van der Waals surface area (Å²) in [4.78, 5) is 6.49. The van der Waals surface area contributed by atoms with Crippen molar-refractivity contribution in [1.29, 1.82) is 0 Å². The van der Waals surface area contributed by atoms with Crippen LogP contribution in [0.15, 0.2) is 27.7 Å². The molecule has 0 spiro atoms. The normalized spacial score (nSPS) is 11.0. The molecule has 0 saturated carbocycles. The number of ether oxygens (including phenoxy) is 2. The van der Waals surface area contributed by atoms with Crippen molar-refractivity contribution in [2.75, 3.05) is 41.4 Å². The molecule has 156 valence electrons. The molecule has 0 aliphatic rings. The Labute approximate surface area is 184 Å². The lowest BCUT2D eigenvalue weighted by atomic mass is 10.1. The maximum absolute atomic E-state index is 5.37. The summed E-state index contributed by atoms with van der Waals surface area (Å²) in [5, 5.41) is 7.40. The molecule has 0 aliphatic carbocycles. The molecule has 0 unspecified atom stereocenters. The van der Waals surface area contributed by atoms with Gasteiger partial charge in [0, 0.05) is 32.7 Å². The molecule has 0 amide bonds. The molecule has 2 aromatic rings. The predicted octanol–water partition coefficient (Wildman–Crippen LogP) is 3.22. The van der Waals surface area contributed by atoms with E-state index < -0.39 is 0 Å². The summed E-state index contributed by atoms with van der Waals surface area (Å²) in [5.41, 5.74) is 3.29. The van der Waals surface area contributed by atoms with Crippen LogP contribution in [0.2, 0.25) is 0 Å². The SMILES string of the molecule is CN=C(NCCc1c(C)noc1C)N(C)CCc1ccc(OC)c(OC)c1.I. The number of aryl methyl sites for hydroxylation is 2. The van der Waals surface area contributed by atoms with E-state index in [0.717, 1.165) is 60.4 Å². The second kappa shape index (κ2) is 11.8. The van der Waals surface area contributed by atoms with Gasteiger partial charge in [-0.2, -0.15) is 0 Å². The monoisotopic (exact) mass is 502 g/mol. The maximum atomic E-state index is 5.37. The van der Waals surface area contributed by atoms with Crippen LogP contribution in [0.5, 0.6) is 11.5 Å². The fourth-order valence-electron chi connectivity index (χ4n) is 2.98. The zero-order valence-electron chi connectivity index (χ0n) is 17.5. The second-order valence-corrected chi connectivity index (χ2v) is 6.39. The number of halogens is 1. The second-order valence-electron chi connectivity index (χ2n) is 6.39.